The van der Waals surface area contributed by atoms with Crippen LogP contribution in [0.1, 0.15) is 18.5 Å². The van der Waals surface area contributed by atoms with Gasteiger partial charge in [0.25, 0.3) is 0 Å². The van der Waals surface area contributed by atoms with Crippen molar-refractivity contribution in [2.45, 2.75) is 19.1 Å². The van der Waals surface area contributed by atoms with E-state index in [-0.39, 0.29) is 19.0 Å². The Kier molecular flexibility index (Phi) is 6.68. The molecule has 3 nitrogen and oxygen atoms in total. The molecule has 2 atom stereocenters. The van der Waals surface area contributed by atoms with Gasteiger partial charge in [-0.3, -0.25) is 0 Å². The van der Waals surface area contributed by atoms with Gasteiger partial charge < -0.3 is 10.5 Å². The first-order valence-corrected chi connectivity index (χ1v) is 4.88. The van der Waals surface area contributed by atoms with Crippen LogP contribution in [-0.4, -0.2) is 18.7 Å². The van der Waals surface area contributed by atoms with E-state index in [1.54, 1.807) is 6.92 Å². The Balaban J connectivity index is 0.00000256. The molecule has 1 aromatic rings. The van der Waals surface area contributed by atoms with Crippen molar-refractivity contribution in [1.82, 2.24) is 0 Å². The maximum Gasteiger partial charge on any atom is 0.342 e. The molecule has 0 aliphatic heterocycles. The molecular weight excluding hydrogens is 252 g/mol. The van der Waals surface area contributed by atoms with E-state index in [1.807, 2.05) is 0 Å². The van der Waals surface area contributed by atoms with Crippen molar-refractivity contribution < 1.29 is 18.3 Å². The molecule has 6 heteroatoms. The fourth-order valence-corrected chi connectivity index (χ4v) is 1.22. The normalized spacial score (nSPS) is 13.4. The molecule has 0 aromatic heterocycles. The van der Waals surface area contributed by atoms with Gasteiger partial charge in [-0.05, 0) is 24.6 Å². The molecular formula is C11H14ClF2NO2. The Hall–Kier alpha value is -1.20. The second-order valence-electron chi connectivity index (χ2n) is 3.23. The fourth-order valence-electron chi connectivity index (χ4n) is 1.22. The van der Waals surface area contributed by atoms with Gasteiger partial charge in [0.05, 0.1) is 12.6 Å². The Morgan fingerprint density at radius 3 is 2.41 bits per heavy atom. The third-order valence-corrected chi connectivity index (χ3v) is 2.08. The molecule has 0 fully saturated rings. The predicted molar refractivity (Wildman–Crippen MR) is 62.1 cm³/mol. The second-order valence-corrected chi connectivity index (χ2v) is 3.23. The van der Waals surface area contributed by atoms with Crippen LogP contribution < -0.4 is 5.73 Å². The minimum absolute atomic E-state index is 0. The van der Waals surface area contributed by atoms with Gasteiger partial charge in [-0.2, -0.15) is 0 Å². The van der Waals surface area contributed by atoms with Crippen molar-refractivity contribution in [1.29, 1.82) is 0 Å². The van der Waals surface area contributed by atoms with Gasteiger partial charge in [0.1, 0.15) is 5.82 Å². The Morgan fingerprint density at radius 1 is 1.41 bits per heavy atom. The largest absolute Gasteiger partial charge is 0.464 e. The van der Waals surface area contributed by atoms with E-state index in [0.29, 0.717) is 5.56 Å². The van der Waals surface area contributed by atoms with Crippen LogP contribution in [0.3, 0.4) is 0 Å². The second kappa shape index (κ2) is 7.19. The summed E-state index contributed by atoms with van der Waals surface area (Å²) in [5, 5.41) is 0. The Morgan fingerprint density at radius 2 is 1.94 bits per heavy atom. The molecule has 0 bridgehead atoms. The SMILES string of the molecule is CCOC(=O)C(F)[C@@H](N)c1ccc(F)cc1.Cl. The highest BCUT2D eigenvalue weighted by Gasteiger charge is 2.27. The molecule has 0 saturated carbocycles. The number of carbonyl (C=O) groups is 1. The molecule has 2 N–H and O–H groups in total. The summed E-state index contributed by atoms with van der Waals surface area (Å²) in [5.41, 5.74) is 5.87. The van der Waals surface area contributed by atoms with Crippen LogP contribution in [0.25, 0.3) is 0 Å². The standard InChI is InChI=1S/C11H13F2NO2.ClH/c1-2-16-11(15)9(13)10(14)7-3-5-8(12)6-4-7;/h3-6,9-10H,2,14H2,1H3;1H/t9?,10-;/m0./s1. The van der Waals surface area contributed by atoms with Crippen LogP contribution in [-0.2, 0) is 9.53 Å². The number of hydrogen-bond acceptors (Lipinski definition) is 3. The summed E-state index contributed by atoms with van der Waals surface area (Å²) in [6.45, 7) is 1.67. The zero-order chi connectivity index (χ0) is 12.1. The number of rotatable bonds is 4. The fraction of sp³-hybridized carbons (Fsp3) is 0.364. The van der Waals surface area contributed by atoms with Gasteiger partial charge in [0.2, 0.25) is 6.17 Å². The highest BCUT2D eigenvalue weighted by Crippen LogP contribution is 2.18. The van der Waals surface area contributed by atoms with E-state index in [9.17, 15) is 13.6 Å². The number of benzene rings is 1. The summed E-state index contributed by atoms with van der Waals surface area (Å²) in [5.74, 6) is -1.44. The van der Waals surface area contributed by atoms with E-state index in [4.69, 9.17) is 5.73 Å². The number of alkyl halides is 1. The maximum atomic E-state index is 13.5. The van der Waals surface area contributed by atoms with Crippen molar-refractivity contribution in [3.05, 3.63) is 35.6 Å². The number of nitrogens with two attached hydrogens (primary N) is 1. The van der Waals surface area contributed by atoms with Crippen LogP contribution in [0.4, 0.5) is 8.78 Å². The first-order chi connectivity index (χ1) is 7.56. The van der Waals surface area contributed by atoms with Crippen molar-refractivity contribution >= 4 is 18.4 Å². The van der Waals surface area contributed by atoms with Gasteiger partial charge in [-0.1, -0.05) is 12.1 Å². The number of esters is 1. The molecule has 1 rings (SSSR count). The number of halogens is 3. The van der Waals surface area contributed by atoms with E-state index in [0.717, 1.165) is 12.1 Å². The summed E-state index contributed by atoms with van der Waals surface area (Å²) < 4.78 is 30.6. The van der Waals surface area contributed by atoms with Gasteiger partial charge in [-0.15, -0.1) is 12.4 Å². The molecule has 96 valence electrons. The van der Waals surface area contributed by atoms with Gasteiger partial charge >= 0.3 is 5.97 Å². The van der Waals surface area contributed by atoms with Crippen LogP contribution in [0.15, 0.2) is 24.3 Å². The highest BCUT2D eigenvalue weighted by atomic mass is 35.5. The van der Waals surface area contributed by atoms with Crippen LogP contribution >= 0.6 is 12.4 Å². The third kappa shape index (κ3) is 4.28. The molecule has 17 heavy (non-hydrogen) atoms. The van der Waals surface area contributed by atoms with Crippen LogP contribution in [0.5, 0.6) is 0 Å². The summed E-state index contributed by atoms with van der Waals surface area (Å²) in [6, 6.07) is 3.86. The minimum Gasteiger partial charge on any atom is -0.464 e. The molecule has 1 aromatic carbocycles. The first kappa shape index (κ1) is 15.8. The summed E-state index contributed by atoms with van der Waals surface area (Å²) in [6.07, 6.45) is -1.94. The quantitative estimate of drug-likeness (QED) is 0.849. The summed E-state index contributed by atoms with van der Waals surface area (Å²) in [4.78, 5) is 11.1. The van der Waals surface area contributed by atoms with Crippen LogP contribution in [0, 0.1) is 5.82 Å². The smallest absolute Gasteiger partial charge is 0.342 e. The molecule has 0 aliphatic rings. The Labute approximate surface area is 104 Å². The molecule has 0 spiro atoms. The molecule has 0 heterocycles. The van der Waals surface area contributed by atoms with Gasteiger partial charge in [-0.25, -0.2) is 13.6 Å². The number of carbonyl (C=O) groups excluding carboxylic acids is 1. The van der Waals surface area contributed by atoms with Crippen molar-refractivity contribution in [2.24, 2.45) is 5.73 Å². The lowest BCUT2D eigenvalue weighted by molar-refractivity contribution is -0.149. The lowest BCUT2D eigenvalue weighted by Gasteiger charge is -2.15. The maximum absolute atomic E-state index is 13.5. The molecule has 1 unspecified atom stereocenters. The van der Waals surface area contributed by atoms with Crippen molar-refractivity contribution in [3.63, 3.8) is 0 Å². The molecule has 0 radical (unpaired) electrons. The van der Waals surface area contributed by atoms with Crippen molar-refractivity contribution in [2.75, 3.05) is 6.61 Å². The number of hydrogen-bond donors (Lipinski definition) is 1. The lowest BCUT2D eigenvalue weighted by atomic mass is 10.0. The third-order valence-electron chi connectivity index (χ3n) is 2.08. The molecule has 0 saturated heterocycles. The van der Waals surface area contributed by atoms with Gasteiger partial charge in [0.15, 0.2) is 0 Å². The monoisotopic (exact) mass is 265 g/mol. The van der Waals surface area contributed by atoms with Crippen molar-refractivity contribution in [3.8, 4) is 0 Å². The van der Waals surface area contributed by atoms with Crippen LogP contribution in [0.2, 0.25) is 0 Å². The lowest BCUT2D eigenvalue weighted by Crippen LogP contribution is -2.31. The number of ether oxygens (including phenoxy) is 1. The highest BCUT2D eigenvalue weighted by molar-refractivity contribution is 5.85. The van der Waals surface area contributed by atoms with E-state index in [2.05, 4.69) is 4.74 Å². The van der Waals surface area contributed by atoms with E-state index in [1.165, 1.54) is 12.1 Å². The zero-order valence-electron chi connectivity index (χ0n) is 9.23. The zero-order valence-corrected chi connectivity index (χ0v) is 10.0. The van der Waals surface area contributed by atoms with E-state index < -0.39 is 24.0 Å². The predicted octanol–water partition coefficient (Wildman–Crippen LogP) is 2.15. The average molecular weight is 266 g/mol. The van der Waals surface area contributed by atoms with E-state index >= 15 is 0 Å². The average Bonchev–Trinajstić information content (AvgIpc) is 2.28. The topological polar surface area (TPSA) is 52.3 Å². The minimum atomic E-state index is -1.94. The van der Waals surface area contributed by atoms with Gasteiger partial charge in [0, 0.05) is 0 Å². The summed E-state index contributed by atoms with van der Waals surface area (Å²) in [7, 11) is 0. The molecule has 0 amide bonds. The summed E-state index contributed by atoms with van der Waals surface area (Å²) >= 11 is 0. The first-order valence-electron chi connectivity index (χ1n) is 4.88. The molecule has 0 aliphatic carbocycles. The Bertz CT molecular complexity index is 359.